The summed E-state index contributed by atoms with van der Waals surface area (Å²) in [5, 5.41) is 15.1. The Balaban J connectivity index is 1.71. The second-order valence-electron chi connectivity index (χ2n) is 5.08. The van der Waals surface area contributed by atoms with Gasteiger partial charge in [0.25, 0.3) is 5.91 Å². The number of amides is 3. The summed E-state index contributed by atoms with van der Waals surface area (Å²) in [5.41, 5.74) is 0. The normalized spacial score (nSPS) is 16.0. The van der Waals surface area contributed by atoms with Crippen LogP contribution in [0.2, 0.25) is 0 Å². The highest BCUT2D eigenvalue weighted by Crippen LogP contribution is 2.17. The maximum atomic E-state index is 11.8. The first-order chi connectivity index (χ1) is 10.5. The van der Waals surface area contributed by atoms with Crippen molar-refractivity contribution in [1.29, 1.82) is 0 Å². The van der Waals surface area contributed by atoms with Crippen molar-refractivity contribution in [2.75, 3.05) is 0 Å². The van der Waals surface area contributed by atoms with Gasteiger partial charge in [-0.05, 0) is 30.2 Å². The van der Waals surface area contributed by atoms with Crippen molar-refractivity contribution in [3.05, 3.63) is 6.33 Å². The lowest BCUT2D eigenvalue weighted by Crippen LogP contribution is -2.47. The minimum atomic E-state index is -1.08. The molecule has 2 rings (SSSR count). The number of rotatable bonds is 5. The predicted octanol–water partition coefficient (Wildman–Crippen LogP) is -0.627. The van der Waals surface area contributed by atoms with Crippen molar-refractivity contribution >= 4 is 17.9 Å². The molecule has 3 amide bonds. The summed E-state index contributed by atoms with van der Waals surface area (Å²) >= 11 is 0. The van der Waals surface area contributed by atoms with Crippen molar-refractivity contribution < 1.29 is 19.1 Å². The number of aromatic nitrogens is 4. The van der Waals surface area contributed by atoms with Gasteiger partial charge in [-0.25, -0.2) is 9.48 Å². The van der Waals surface area contributed by atoms with Gasteiger partial charge in [-0.1, -0.05) is 12.8 Å². The summed E-state index contributed by atoms with van der Waals surface area (Å²) in [4.78, 5) is 35.0. The molecule has 1 heterocycles. The highest BCUT2D eigenvalue weighted by atomic mass is 16.5. The fraction of sp³-hybridized carbons (Fsp3) is 0.667. The van der Waals surface area contributed by atoms with Crippen LogP contribution in [0.15, 0.2) is 6.33 Å². The van der Waals surface area contributed by atoms with E-state index in [1.54, 1.807) is 0 Å². The highest BCUT2D eigenvalue weighted by molar-refractivity contribution is 5.97. The van der Waals surface area contributed by atoms with E-state index < -0.39 is 24.0 Å². The van der Waals surface area contributed by atoms with Gasteiger partial charge in [-0.3, -0.25) is 14.9 Å². The van der Waals surface area contributed by atoms with Crippen LogP contribution in [0.25, 0.3) is 0 Å². The van der Waals surface area contributed by atoms with E-state index in [0.29, 0.717) is 0 Å². The molecule has 22 heavy (non-hydrogen) atoms. The Hall–Kier alpha value is -2.52. The Morgan fingerprint density at radius 3 is 2.73 bits per heavy atom. The van der Waals surface area contributed by atoms with Crippen LogP contribution in [-0.2, 0) is 20.9 Å². The largest absolute Gasteiger partial charge is 0.451 e. The average Bonchev–Trinajstić information content (AvgIpc) is 3.11. The molecule has 0 radical (unpaired) electrons. The second kappa shape index (κ2) is 7.48. The van der Waals surface area contributed by atoms with E-state index in [2.05, 4.69) is 26.2 Å². The summed E-state index contributed by atoms with van der Waals surface area (Å²) in [6.45, 7) is 1.18. The zero-order chi connectivity index (χ0) is 15.9. The third kappa shape index (κ3) is 4.79. The first kappa shape index (κ1) is 15.9. The van der Waals surface area contributed by atoms with Crippen molar-refractivity contribution in [3.8, 4) is 0 Å². The van der Waals surface area contributed by atoms with Crippen molar-refractivity contribution in [1.82, 2.24) is 30.8 Å². The van der Waals surface area contributed by atoms with Gasteiger partial charge in [0.2, 0.25) is 0 Å². The van der Waals surface area contributed by atoms with Crippen LogP contribution in [0.3, 0.4) is 0 Å². The lowest BCUT2D eigenvalue weighted by Gasteiger charge is -2.15. The summed E-state index contributed by atoms with van der Waals surface area (Å²) in [7, 11) is 0. The molecule has 1 fully saturated rings. The summed E-state index contributed by atoms with van der Waals surface area (Å²) in [6.07, 6.45) is 4.14. The molecule has 0 spiro atoms. The first-order valence-corrected chi connectivity index (χ1v) is 7.06. The maximum absolute atomic E-state index is 11.8. The van der Waals surface area contributed by atoms with Gasteiger partial charge >= 0.3 is 12.0 Å². The number of esters is 1. The van der Waals surface area contributed by atoms with Crippen LogP contribution in [0.1, 0.15) is 32.6 Å². The van der Waals surface area contributed by atoms with E-state index >= 15 is 0 Å². The zero-order valence-corrected chi connectivity index (χ0v) is 12.2. The number of ether oxygens (including phenoxy) is 1. The van der Waals surface area contributed by atoms with Gasteiger partial charge in [0.05, 0.1) is 0 Å². The van der Waals surface area contributed by atoms with Crippen molar-refractivity contribution in [3.63, 3.8) is 0 Å². The molecule has 1 saturated carbocycles. The molecule has 10 nitrogen and oxygen atoms in total. The molecule has 10 heteroatoms. The summed E-state index contributed by atoms with van der Waals surface area (Å²) < 4.78 is 6.08. The zero-order valence-electron chi connectivity index (χ0n) is 12.2. The van der Waals surface area contributed by atoms with E-state index in [1.807, 2.05) is 0 Å². The fourth-order valence-electron chi connectivity index (χ4n) is 2.18. The summed E-state index contributed by atoms with van der Waals surface area (Å²) in [5.74, 6) is -1.35. The SMILES string of the molecule is C[C@H](OC(=O)Cn1cnnn1)C(=O)NC(=O)NC1CCCC1. The van der Waals surface area contributed by atoms with Gasteiger partial charge < -0.3 is 10.1 Å². The second-order valence-corrected chi connectivity index (χ2v) is 5.08. The van der Waals surface area contributed by atoms with Crippen LogP contribution < -0.4 is 10.6 Å². The van der Waals surface area contributed by atoms with Crippen LogP contribution in [0.4, 0.5) is 4.79 Å². The monoisotopic (exact) mass is 310 g/mol. The van der Waals surface area contributed by atoms with E-state index in [9.17, 15) is 14.4 Å². The molecular weight excluding hydrogens is 292 g/mol. The van der Waals surface area contributed by atoms with Crippen LogP contribution in [-0.4, -0.2) is 50.3 Å². The quantitative estimate of drug-likeness (QED) is 0.693. The third-order valence-electron chi connectivity index (χ3n) is 3.29. The average molecular weight is 310 g/mol. The highest BCUT2D eigenvalue weighted by Gasteiger charge is 2.22. The number of tetrazole rings is 1. The van der Waals surface area contributed by atoms with Gasteiger partial charge in [0, 0.05) is 6.04 Å². The molecule has 1 aromatic heterocycles. The molecular formula is C12H18N6O4. The van der Waals surface area contributed by atoms with Gasteiger partial charge in [-0.15, -0.1) is 5.10 Å². The number of carbonyl (C=O) groups excluding carboxylic acids is 3. The van der Waals surface area contributed by atoms with E-state index in [0.717, 1.165) is 25.7 Å². The smallest absolute Gasteiger partial charge is 0.328 e. The molecule has 1 atom stereocenters. The molecule has 0 bridgehead atoms. The molecule has 0 saturated heterocycles. The lowest BCUT2D eigenvalue weighted by molar-refractivity contribution is -0.155. The Morgan fingerprint density at radius 1 is 1.36 bits per heavy atom. The molecule has 1 aromatic rings. The van der Waals surface area contributed by atoms with Crippen LogP contribution >= 0.6 is 0 Å². The number of urea groups is 1. The molecule has 0 aromatic carbocycles. The van der Waals surface area contributed by atoms with Gasteiger partial charge in [0.15, 0.2) is 6.10 Å². The minimum Gasteiger partial charge on any atom is -0.451 e. The topological polar surface area (TPSA) is 128 Å². The Labute approximate surface area is 126 Å². The number of carbonyl (C=O) groups is 3. The van der Waals surface area contributed by atoms with Gasteiger partial charge in [-0.2, -0.15) is 0 Å². The molecule has 0 aliphatic heterocycles. The third-order valence-corrected chi connectivity index (χ3v) is 3.29. The number of nitrogens with one attached hydrogen (secondary N) is 2. The fourth-order valence-corrected chi connectivity index (χ4v) is 2.18. The maximum Gasteiger partial charge on any atom is 0.328 e. The van der Waals surface area contributed by atoms with Crippen LogP contribution in [0.5, 0.6) is 0 Å². The predicted molar refractivity (Wildman–Crippen MR) is 72.3 cm³/mol. The van der Waals surface area contributed by atoms with E-state index in [1.165, 1.54) is 17.9 Å². The number of imide groups is 1. The van der Waals surface area contributed by atoms with Crippen LogP contribution in [0, 0.1) is 0 Å². The lowest BCUT2D eigenvalue weighted by atomic mass is 10.2. The molecule has 120 valence electrons. The molecule has 2 N–H and O–H groups in total. The molecule has 1 aliphatic carbocycles. The van der Waals surface area contributed by atoms with Gasteiger partial charge in [0.1, 0.15) is 12.9 Å². The first-order valence-electron chi connectivity index (χ1n) is 7.06. The van der Waals surface area contributed by atoms with E-state index in [4.69, 9.17) is 4.74 Å². The number of hydrogen-bond acceptors (Lipinski definition) is 7. The number of nitrogens with zero attached hydrogens (tertiary/aromatic N) is 4. The minimum absolute atomic E-state index is 0.102. The summed E-state index contributed by atoms with van der Waals surface area (Å²) in [6, 6.07) is -0.467. The van der Waals surface area contributed by atoms with Crippen molar-refractivity contribution in [2.24, 2.45) is 0 Å². The molecule has 0 unspecified atom stereocenters. The number of hydrogen-bond donors (Lipinski definition) is 2. The standard InChI is InChI=1S/C12H18N6O4/c1-8(22-10(19)6-18-7-13-16-17-18)11(20)15-12(21)14-9-4-2-3-5-9/h7-9H,2-6H2,1H3,(H2,14,15,20,21)/t8-/m0/s1. The Kier molecular flexibility index (Phi) is 5.39. The Morgan fingerprint density at radius 2 is 2.09 bits per heavy atom. The van der Waals surface area contributed by atoms with E-state index in [-0.39, 0.29) is 12.6 Å². The Bertz CT molecular complexity index is 526. The van der Waals surface area contributed by atoms with Crippen molar-refractivity contribution in [2.45, 2.75) is 51.3 Å². The molecule has 1 aliphatic rings.